The Balaban J connectivity index is 2.10. The number of rotatable bonds is 10. The summed E-state index contributed by atoms with van der Waals surface area (Å²) in [6, 6.07) is 2.66. The van der Waals surface area contributed by atoms with E-state index in [2.05, 4.69) is 5.32 Å². The number of amides is 1. The van der Waals surface area contributed by atoms with E-state index < -0.39 is 68.4 Å². The second-order valence-electron chi connectivity index (χ2n) is 9.05. The summed E-state index contributed by atoms with van der Waals surface area (Å²) in [6.07, 6.45) is 0.655. The van der Waals surface area contributed by atoms with Crippen LogP contribution in [0.25, 0.3) is 0 Å². The van der Waals surface area contributed by atoms with Gasteiger partial charge in [-0.15, -0.1) is 0 Å². The van der Waals surface area contributed by atoms with E-state index in [0.717, 1.165) is 4.90 Å². The topological polar surface area (TPSA) is 154 Å². The van der Waals surface area contributed by atoms with Crippen molar-refractivity contribution >= 4 is 53.5 Å². The van der Waals surface area contributed by atoms with E-state index in [4.69, 9.17) is 10.1 Å². The molecule has 0 spiro atoms. The van der Waals surface area contributed by atoms with Crippen molar-refractivity contribution in [3.63, 3.8) is 0 Å². The van der Waals surface area contributed by atoms with Crippen molar-refractivity contribution in [3.8, 4) is 5.75 Å². The van der Waals surface area contributed by atoms with Crippen LogP contribution in [0, 0.1) is 5.41 Å². The Labute approximate surface area is 232 Å². The molecule has 228 valence electrons. The summed E-state index contributed by atoms with van der Waals surface area (Å²) in [7, 11) is -18.9. The third-order valence-corrected chi connectivity index (χ3v) is 10.1. The van der Waals surface area contributed by atoms with Crippen LogP contribution in [0.3, 0.4) is 0 Å². The molecule has 2 N–H and O–H groups in total. The molecule has 3 rings (SSSR count). The van der Waals surface area contributed by atoms with Crippen LogP contribution < -0.4 is 13.8 Å². The van der Waals surface area contributed by atoms with Gasteiger partial charge in [-0.2, -0.15) is 3.71 Å². The van der Waals surface area contributed by atoms with Crippen LogP contribution in [0.2, 0.25) is 0 Å². The number of nitrogens with zero attached hydrogens (tertiary/aromatic N) is 2. The van der Waals surface area contributed by atoms with Crippen LogP contribution in [-0.2, 0) is 26.6 Å². The number of ether oxygens (including phenoxy) is 1. The number of halogens is 5. The molecule has 0 bridgehead atoms. The summed E-state index contributed by atoms with van der Waals surface area (Å²) in [5.41, 5.74) is -1.74. The number of fused-ring (bicyclic) bond motifs is 1. The zero-order valence-corrected chi connectivity index (χ0v) is 24.3. The van der Waals surface area contributed by atoms with Gasteiger partial charge >= 0.3 is 10.2 Å². The van der Waals surface area contributed by atoms with Gasteiger partial charge in [0.15, 0.2) is 5.78 Å². The average molecular weight is 649 g/mol. The first-order valence-electron chi connectivity index (χ1n) is 11.4. The van der Waals surface area contributed by atoms with Crippen LogP contribution in [-0.4, -0.2) is 72.0 Å². The second kappa shape index (κ2) is 9.55. The number of sulfonamides is 2. The van der Waals surface area contributed by atoms with E-state index in [1.165, 1.54) is 19.2 Å². The molecule has 2 aromatic carbocycles. The zero-order chi connectivity index (χ0) is 31.4. The van der Waals surface area contributed by atoms with Crippen molar-refractivity contribution in [2.45, 2.75) is 18.4 Å². The molecule has 0 saturated heterocycles. The number of hydrogen-bond donors (Lipinski definition) is 2. The highest BCUT2D eigenvalue weighted by Crippen LogP contribution is 3.02. The smallest absolute Gasteiger partial charge is 0.310 e. The van der Waals surface area contributed by atoms with Crippen molar-refractivity contribution in [1.29, 1.82) is 5.41 Å². The van der Waals surface area contributed by atoms with E-state index >= 15 is 0 Å². The summed E-state index contributed by atoms with van der Waals surface area (Å²) in [6.45, 7) is 0.858. The standard InChI is InChI=1S/C22H25F5N4O7S3/c1-5-38-20-8-14-11-30(21(28)17(14)10-18(20)22(33)29-2)12-19(32)13-6-15(31(39(3,34)35)40(4,36)37)9-16(7-13)41(23,24,25,26)27/h6-10,28H,5,11-12H2,1-4H3,(H,29,33). The first-order valence-corrected chi connectivity index (χ1v) is 17.0. The lowest BCUT2D eigenvalue weighted by Crippen LogP contribution is -2.36. The maximum absolute atomic E-state index is 13.8. The third kappa shape index (κ3) is 6.89. The third-order valence-electron chi connectivity index (χ3n) is 5.72. The number of amidine groups is 1. The highest BCUT2D eigenvalue weighted by atomic mass is 32.5. The summed E-state index contributed by atoms with van der Waals surface area (Å²) in [5.74, 6) is -1.95. The minimum atomic E-state index is -10.6. The molecule has 0 radical (unpaired) electrons. The van der Waals surface area contributed by atoms with Crippen molar-refractivity contribution in [1.82, 2.24) is 10.2 Å². The molecule has 1 aliphatic heterocycles. The van der Waals surface area contributed by atoms with Gasteiger partial charge in [-0.1, -0.05) is 19.4 Å². The van der Waals surface area contributed by atoms with Gasteiger partial charge in [0, 0.05) is 24.7 Å². The lowest BCUT2D eigenvalue weighted by atomic mass is 10.0. The van der Waals surface area contributed by atoms with Crippen LogP contribution >= 0.6 is 10.2 Å². The average Bonchev–Trinajstić information content (AvgIpc) is 3.08. The Morgan fingerprint density at radius 1 is 1.02 bits per heavy atom. The maximum atomic E-state index is 13.8. The highest BCUT2D eigenvalue weighted by Gasteiger charge is 2.65. The number of nitrogens with one attached hydrogen (secondary N) is 2. The fraction of sp³-hybridized carbons (Fsp3) is 0.318. The summed E-state index contributed by atoms with van der Waals surface area (Å²) in [5, 5.41) is 10.8. The van der Waals surface area contributed by atoms with Crippen LogP contribution in [0.4, 0.5) is 25.1 Å². The molecule has 0 aromatic heterocycles. The van der Waals surface area contributed by atoms with Gasteiger partial charge in [-0.3, -0.25) is 15.0 Å². The van der Waals surface area contributed by atoms with Crippen LogP contribution in [0.5, 0.6) is 5.75 Å². The molecular formula is C22H25F5N4O7S3. The number of carbonyl (C=O) groups excluding carboxylic acids is 2. The van der Waals surface area contributed by atoms with Gasteiger partial charge < -0.3 is 15.0 Å². The molecule has 0 saturated carbocycles. The Bertz CT molecular complexity index is 1670. The van der Waals surface area contributed by atoms with Gasteiger partial charge in [0.05, 0.1) is 36.9 Å². The molecule has 1 amide bonds. The molecular weight excluding hydrogens is 623 g/mol. The van der Waals surface area contributed by atoms with Crippen molar-refractivity contribution < 1.29 is 50.6 Å². The Hall–Kier alpha value is -3.45. The van der Waals surface area contributed by atoms with E-state index in [9.17, 15) is 45.9 Å². The second-order valence-corrected chi connectivity index (χ2v) is 15.4. The fourth-order valence-electron chi connectivity index (χ4n) is 4.12. The number of benzene rings is 2. The highest BCUT2D eigenvalue weighted by molar-refractivity contribution is 8.45. The Morgan fingerprint density at radius 3 is 2.10 bits per heavy atom. The predicted octanol–water partition coefficient (Wildman–Crippen LogP) is 3.85. The van der Waals surface area contributed by atoms with E-state index in [1.807, 2.05) is 0 Å². The number of Topliss-reactive ketones (excluding diaryl/α,β-unsaturated/α-hetero) is 1. The van der Waals surface area contributed by atoms with Gasteiger partial charge in [0.25, 0.3) is 5.91 Å². The van der Waals surface area contributed by atoms with Crippen LogP contribution in [0.15, 0.2) is 35.2 Å². The van der Waals surface area contributed by atoms with Gasteiger partial charge in [-0.05, 0) is 42.8 Å². The molecule has 0 unspecified atom stereocenters. The Morgan fingerprint density at radius 2 is 1.61 bits per heavy atom. The van der Waals surface area contributed by atoms with E-state index in [1.54, 1.807) is 6.92 Å². The number of hydrogen-bond acceptors (Lipinski definition) is 8. The van der Waals surface area contributed by atoms with Gasteiger partial charge in [0.1, 0.15) is 16.5 Å². The van der Waals surface area contributed by atoms with E-state index in [0.29, 0.717) is 24.1 Å². The lowest BCUT2D eigenvalue weighted by molar-refractivity contribution is 0.0953. The molecule has 1 heterocycles. The van der Waals surface area contributed by atoms with E-state index in [-0.39, 0.29) is 48.0 Å². The molecule has 0 atom stereocenters. The lowest BCUT2D eigenvalue weighted by Gasteiger charge is -2.41. The molecule has 41 heavy (non-hydrogen) atoms. The van der Waals surface area contributed by atoms with Crippen molar-refractivity contribution in [2.75, 3.05) is 36.4 Å². The van der Waals surface area contributed by atoms with Crippen molar-refractivity contribution in [3.05, 3.63) is 52.6 Å². The SMILES string of the molecule is CCOc1cc2c(cc1C(=O)NC)C(=N)N(CC(=O)c1cc(N(S(C)(=O)=O)S(C)(=O)=O)cc(S(F)(F)(F)(F)F)c1)C2. The number of ketones is 1. The largest absolute Gasteiger partial charge is 0.493 e. The molecule has 1 aliphatic rings. The summed E-state index contributed by atoms with van der Waals surface area (Å²) < 4.78 is 122. The molecule has 11 nitrogen and oxygen atoms in total. The minimum absolute atomic E-state index is 0.0703. The fourth-order valence-corrected chi connectivity index (χ4v) is 7.75. The molecule has 2 aromatic rings. The van der Waals surface area contributed by atoms with Gasteiger partial charge in [-0.25, -0.2) is 16.8 Å². The Kier molecular flexibility index (Phi) is 7.47. The molecule has 19 heteroatoms. The van der Waals surface area contributed by atoms with Crippen LogP contribution in [0.1, 0.15) is 38.8 Å². The monoisotopic (exact) mass is 648 g/mol. The normalized spacial score (nSPS) is 15.5. The van der Waals surface area contributed by atoms with Gasteiger partial charge in [0.2, 0.25) is 20.0 Å². The summed E-state index contributed by atoms with van der Waals surface area (Å²) in [4.78, 5) is 23.8. The predicted molar refractivity (Wildman–Crippen MR) is 143 cm³/mol. The van der Waals surface area contributed by atoms with Crippen molar-refractivity contribution in [2.24, 2.45) is 0 Å². The number of anilines is 1. The maximum Gasteiger partial charge on any atom is 0.310 e. The quantitative estimate of drug-likeness (QED) is 0.291. The zero-order valence-electron chi connectivity index (χ0n) is 21.9. The summed E-state index contributed by atoms with van der Waals surface area (Å²) >= 11 is 0. The molecule has 0 aliphatic carbocycles. The first kappa shape index (κ1) is 32.1. The number of carbonyl (C=O) groups is 2. The first-order chi connectivity index (χ1) is 18.4. The minimum Gasteiger partial charge on any atom is -0.493 e. The molecule has 0 fully saturated rings.